The predicted octanol–water partition coefficient (Wildman–Crippen LogP) is 4.04. The van der Waals surface area contributed by atoms with Crippen molar-refractivity contribution in [3.8, 4) is 0 Å². The first-order valence-electron chi connectivity index (χ1n) is 6.70. The lowest BCUT2D eigenvalue weighted by Crippen LogP contribution is -2.28. The normalized spacial score (nSPS) is 17.2. The smallest absolute Gasteiger partial charge is 0.0412 e. The maximum absolute atomic E-state index is 6.01. The molecule has 1 N–H and O–H groups in total. The van der Waals surface area contributed by atoms with Crippen LogP contribution in [0.25, 0.3) is 10.8 Å². The standard InChI is InChI=1S/C16H18ClN/c17-16-4-3-14-10-13(1-2-15(14)11-16)9-12-5-7-18-8-6-12/h1-4,10-12,18H,5-9H2. The van der Waals surface area contributed by atoms with Gasteiger partial charge in [-0.2, -0.15) is 0 Å². The van der Waals surface area contributed by atoms with E-state index in [0.717, 1.165) is 10.9 Å². The Kier molecular flexibility index (Phi) is 3.53. The van der Waals surface area contributed by atoms with Crippen LogP contribution in [-0.4, -0.2) is 13.1 Å². The van der Waals surface area contributed by atoms with Crippen LogP contribution < -0.4 is 5.32 Å². The van der Waals surface area contributed by atoms with Gasteiger partial charge in [-0.05, 0) is 66.7 Å². The highest BCUT2D eigenvalue weighted by molar-refractivity contribution is 6.31. The van der Waals surface area contributed by atoms with E-state index in [0.29, 0.717) is 0 Å². The second-order valence-corrected chi connectivity index (χ2v) is 5.66. The summed E-state index contributed by atoms with van der Waals surface area (Å²) in [6, 6.07) is 12.9. The molecule has 1 fully saturated rings. The fourth-order valence-electron chi connectivity index (χ4n) is 2.81. The first-order chi connectivity index (χ1) is 8.81. The van der Waals surface area contributed by atoms with E-state index in [1.54, 1.807) is 0 Å². The second kappa shape index (κ2) is 5.29. The van der Waals surface area contributed by atoms with Crippen molar-refractivity contribution in [2.24, 2.45) is 5.92 Å². The van der Waals surface area contributed by atoms with Crippen molar-refractivity contribution >= 4 is 22.4 Å². The Hall–Kier alpha value is -1.05. The van der Waals surface area contributed by atoms with Gasteiger partial charge in [0.25, 0.3) is 0 Å². The Labute approximate surface area is 113 Å². The van der Waals surface area contributed by atoms with Crippen molar-refractivity contribution in [3.05, 3.63) is 47.0 Å². The molecular formula is C16H18ClN. The minimum atomic E-state index is 0.814. The summed E-state index contributed by atoms with van der Waals surface area (Å²) >= 11 is 6.01. The average molecular weight is 260 g/mol. The number of halogens is 1. The molecule has 3 rings (SSSR count). The molecule has 1 aliphatic rings. The molecule has 0 bridgehead atoms. The van der Waals surface area contributed by atoms with E-state index in [1.165, 1.54) is 48.7 Å². The van der Waals surface area contributed by atoms with Gasteiger partial charge >= 0.3 is 0 Å². The van der Waals surface area contributed by atoms with Crippen molar-refractivity contribution in [1.82, 2.24) is 5.32 Å². The van der Waals surface area contributed by atoms with Crippen molar-refractivity contribution in [2.45, 2.75) is 19.3 Å². The van der Waals surface area contributed by atoms with Crippen LogP contribution in [0.4, 0.5) is 0 Å². The fourth-order valence-corrected chi connectivity index (χ4v) is 2.99. The Bertz CT molecular complexity index is 544. The molecule has 0 unspecified atom stereocenters. The zero-order valence-electron chi connectivity index (χ0n) is 10.5. The van der Waals surface area contributed by atoms with Gasteiger partial charge in [0.05, 0.1) is 0 Å². The molecule has 0 amide bonds. The van der Waals surface area contributed by atoms with Gasteiger partial charge in [-0.25, -0.2) is 0 Å². The highest BCUT2D eigenvalue weighted by Crippen LogP contribution is 2.23. The molecular weight excluding hydrogens is 242 g/mol. The molecule has 1 aliphatic heterocycles. The Morgan fingerprint density at radius 3 is 2.56 bits per heavy atom. The fraction of sp³-hybridized carbons (Fsp3) is 0.375. The minimum Gasteiger partial charge on any atom is -0.317 e. The van der Waals surface area contributed by atoms with E-state index < -0.39 is 0 Å². The van der Waals surface area contributed by atoms with Crippen LogP contribution in [0.2, 0.25) is 5.02 Å². The van der Waals surface area contributed by atoms with Crippen LogP contribution >= 0.6 is 11.6 Å². The number of benzene rings is 2. The van der Waals surface area contributed by atoms with Crippen LogP contribution in [0.5, 0.6) is 0 Å². The lowest BCUT2D eigenvalue weighted by Gasteiger charge is -2.22. The lowest BCUT2D eigenvalue weighted by atomic mass is 9.90. The van der Waals surface area contributed by atoms with Crippen molar-refractivity contribution < 1.29 is 0 Å². The highest BCUT2D eigenvalue weighted by atomic mass is 35.5. The van der Waals surface area contributed by atoms with Gasteiger partial charge in [0, 0.05) is 5.02 Å². The summed E-state index contributed by atoms with van der Waals surface area (Å²) in [6.07, 6.45) is 3.82. The number of piperidine rings is 1. The molecule has 0 aliphatic carbocycles. The molecule has 94 valence electrons. The quantitative estimate of drug-likeness (QED) is 0.859. The minimum absolute atomic E-state index is 0.814. The first kappa shape index (κ1) is 12.0. The van der Waals surface area contributed by atoms with Crippen LogP contribution in [0.3, 0.4) is 0 Å². The molecule has 0 saturated carbocycles. The van der Waals surface area contributed by atoms with Crippen molar-refractivity contribution in [2.75, 3.05) is 13.1 Å². The molecule has 2 aromatic rings. The topological polar surface area (TPSA) is 12.0 Å². The number of rotatable bonds is 2. The van der Waals surface area contributed by atoms with Crippen LogP contribution in [0, 0.1) is 5.92 Å². The number of hydrogen-bond donors (Lipinski definition) is 1. The van der Waals surface area contributed by atoms with E-state index in [-0.39, 0.29) is 0 Å². The van der Waals surface area contributed by atoms with Crippen molar-refractivity contribution in [3.63, 3.8) is 0 Å². The van der Waals surface area contributed by atoms with Crippen LogP contribution in [0.1, 0.15) is 18.4 Å². The zero-order valence-corrected chi connectivity index (χ0v) is 11.2. The Morgan fingerprint density at radius 1 is 1.00 bits per heavy atom. The van der Waals surface area contributed by atoms with E-state index in [9.17, 15) is 0 Å². The molecule has 1 heterocycles. The Balaban J connectivity index is 1.82. The zero-order chi connectivity index (χ0) is 12.4. The van der Waals surface area contributed by atoms with Gasteiger partial charge in [0.15, 0.2) is 0 Å². The third-order valence-electron chi connectivity index (χ3n) is 3.85. The van der Waals surface area contributed by atoms with Crippen LogP contribution in [-0.2, 0) is 6.42 Å². The van der Waals surface area contributed by atoms with Gasteiger partial charge < -0.3 is 5.32 Å². The highest BCUT2D eigenvalue weighted by Gasteiger charge is 2.13. The summed E-state index contributed by atoms with van der Waals surface area (Å²) in [5.74, 6) is 0.844. The monoisotopic (exact) mass is 259 g/mol. The summed E-state index contributed by atoms with van der Waals surface area (Å²) in [5.41, 5.74) is 1.46. The third-order valence-corrected chi connectivity index (χ3v) is 4.08. The van der Waals surface area contributed by atoms with Crippen LogP contribution in [0.15, 0.2) is 36.4 Å². The van der Waals surface area contributed by atoms with E-state index >= 15 is 0 Å². The Morgan fingerprint density at radius 2 is 1.72 bits per heavy atom. The van der Waals surface area contributed by atoms with Gasteiger partial charge in [0.2, 0.25) is 0 Å². The van der Waals surface area contributed by atoms with E-state index in [4.69, 9.17) is 11.6 Å². The molecule has 2 aromatic carbocycles. The molecule has 0 aromatic heterocycles. The third kappa shape index (κ3) is 2.68. The summed E-state index contributed by atoms with van der Waals surface area (Å²) in [7, 11) is 0. The second-order valence-electron chi connectivity index (χ2n) is 5.22. The van der Waals surface area contributed by atoms with Crippen molar-refractivity contribution in [1.29, 1.82) is 0 Å². The molecule has 1 nitrogen and oxygen atoms in total. The van der Waals surface area contributed by atoms with Gasteiger partial charge in [0.1, 0.15) is 0 Å². The maximum atomic E-state index is 6.01. The lowest BCUT2D eigenvalue weighted by molar-refractivity contribution is 0.373. The van der Waals surface area contributed by atoms with E-state index in [1.807, 2.05) is 12.1 Å². The molecule has 1 saturated heterocycles. The average Bonchev–Trinajstić information content (AvgIpc) is 2.40. The molecule has 0 atom stereocenters. The first-order valence-corrected chi connectivity index (χ1v) is 7.08. The molecule has 18 heavy (non-hydrogen) atoms. The van der Waals surface area contributed by atoms with Gasteiger partial charge in [-0.1, -0.05) is 35.9 Å². The van der Waals surface area contributed by atoms with Gasteiger partial charge in [-0.3, -0.25) is 0 Å². The number of nitrogens with one attached hydrogen (secondary N) is 1. The largest absolute Gasteiger partial charge is 0.317 e. The molecule has 0 radical (unpaired) electrons. The summed E-state index contributed by atoms with van der Waals surface area (Å²) in [4.78, 5) is 0. The summed E-state index contributed by atoms with van der Waals surface area (Å²) in [6.45, 7) is 2.35. The number of fused-ring (bicyclic) bond motifs is 1. The number of hydrogen-bond acceptors (Lipinski definition) is 1. The predicted molar refractivity (Wildman–Crippen MR) is 78.3 cm³/mol. The summed E-state index contributed by atoms with van der Waals surface area (Å²) in [5, 5.41) is 6.77. The van der Waals surface area contributed by atoms with E-state index in [2.05, 4.69) is 29.6 Å². The molecule has 2 heteroatoms. The molecule has 0 spiro atoms. The summed E-state index contributed by atoms with van der Waals surface area (Å²) < 4.78 is 0. The van der Waals surface area contributed by atoms with Gasteiger partial charge in [-0.15, -0.1) is 0 Å². The maximum Gasteiger partial charge on any atom is 0.0412 e. The SMILES string of the molecule is Clc1ccc2cc(CC3CCNCC3)ccc2c1.